The molecule has 5 nitrogen and oxygen atoms in total. The molecule has 0 amide bonds. The Bertz CT molecular complexity index is 281. The first kappa shape index (κ1) is 18.0. The van der Waals surface area contributed by atoms with Crippen LogP contribution in [0.3, 0.4) is 0 Å². The maximum absolute atomic E-state index is 10.7. The monoisotopic (exact) mass is 272 g/mol. The Balaban J connectivity index is 0.000000362. The topological polar surface area (TPSA) is 54.0 Å². The summed E-state index contributed by atoms with van der Waals surface area (Å²) >= 11 is 0. The minimum atomic E-state index is -0.839. The number of methoxy groups -OCH3 is 2. The highest BCUT2D eigenvalue weighted by atomic mass is 16.7. The van der Waals surface area contributed by atoms with Crippen LogP contribution in [-0.2, 0) is 23.7 Å². The summed E-state index contributed by atoms with van der Waals surface area (Å²) in [7, 11) is 3.04. The Labute approximate surface area is 115 Å². The number of hydrogen-bond acceptors (Lipinski definition) is 5. The number of carbonyl (C=O) groups is 1. The molecule has 0 N–H and O–H groups in total. The van der Waals surface area contributed by atoms with Gasteiger partial charge >= 0.3 is 0 Å². The van der Waals surface area contributed by atoms with Crippen LogP contribution in [0.5, 0.6) is 0 Å². The molecule has 0 fully saturated rings. The van der Waals surface area contributed by atoms with Crippen molar-refractivity contribution >= 4 is 5.78 Å². The van der Waals surface area contributed by atoms with Crippen molar-refractivity contribution in [3.63, 3.8) is 0 Å². The van der Waals surface area contributed by atoms with Gasteiger partial charge in [0.15, 0.2) is 12.1 Å². The lowest BCUT2D eigenvalue weighted by Gasteiger charge is -2.24. The van der Waals surface area contributed by atoms with Gasteiger partial charge < -0.3 is 18.9 Å². The van der Waals surface area contributed by atoms with E-state index < -0.39 is 5.79 Å². The third kappa shape index (κ3) is 7.22. The fraction of sp³-hybridized carbons (Fsp3) is 0.643. The summed E-state index contributed by atoms with van der Waals surface area (Å²) in [6, 6.07) is 0. The second kappa shape index (κ2) is 9.86. The van der Waals surface area contributed by atoms with Gasteiger partial charge in [-0.3, -0.25) is 4.79 Å². The van der Waals surface area contributed by atoms with Crippen LogP contribution in [0.2, 0.25) is 0 Å². The number of ether oxygens (including phenoxy) is 4. The van der Waals surface area contributed by atoms with Gasteiger partial charge in [-0.05, 0) is 45.1 Å². The van der Waals surface area contributed by atoms with Crippen LogP contribution in [0.1, 0.15) is 20.8 Å². The minimum Gasteiger partial charge on any atom is -0.353 e. The zero-order chi connectivity index (χ0) is 14.7. The molecule has 0 saturated heterocycles. The Hall–Kier alpha value is -1.01. The van der Waals surface area contributed by atoms with Gasteiger partial charge in [0, 0.05) is 27.4 Å². The van der Waals surface area contributed by atoms with E-state index >= 15 is 0 Å². The molecule has 5 heteroatoms. The summed E-state index contributed by atoms with van der Waals surface area (Å²) < 4.78 is 20.2. The largest absolute Gasteiger partial charge is 0.353 e. The van der Waals surface area contributed by atoms with E-state index in [1.165, 1.54) is 26.4 Å². The molecule has 1 aliphatic carbocycles. The fourth-order valence-electron chi connectivity index (χ4n) is 1.38. The van der Waals surface area contributed by atoms with Crippen molar-refractivity contribution < 1.29 is 23.7 Å². The van der Waals surface area contributed by atoms with Crippen LogP contribution in [0.15, 0.2) is 24.3 Å². The average Bonchev–Trinajstić information content (AvgIpc) is 2.42. The molecule has 0 aliphatic heterocycles. The second-order valence-corrected chi connectivity index (χ2v) is 3.68. The predicted octanol–water partition coefficient (Wildman–Crippen LogP) is 2.08. The number of ketones is 1. The van der Waals surface area contributed by atoms with E-state index in [1.54, 1.807) is 12.2 Å². The van der Waals surface area contributed by atoms with Crippen molar-refractivity contribution in [2.24, 2.45) is 0 Å². The van der Waals surface area contributed by atoms with Gasteiger partial charge in [0.25, 0.3) is 0 Å². The molecule has 0 aromatic carbocycles. The van der Waals surface area contributed by atoms with Crippen LogP contribution in [0.25, 0.3) is 0 Å². The third-order valence-electron chi connectivity index (χ3n) is 2.40. The lowest BCUT2D eigenvalue weighted by molar-refractivity contribution is -0.136. The van der Waals surface area contributed by atoms with E-state index in [4.69, 9.17) is 18.9 Å². The molecular formula is C14H24O5. The fourth-order valence-corrected chi connectivity index (χ4v) is 1.38. The van der Waals surface area contributed by atoms with E-state index in [1.807, 2.05) is 20.8 Å². The summed E-state index contributed by atoms with van der Waals surface area (Å²) in [6.45, 7) is 7.25. The minimum absolute atomic E-state index is 0.0370. The van der Waals surface area contributed by atoms with Gasteiger partial charge in [-0.25, -0.2) is 0 Å². The zero-order valence-electron chi connectivity index (χ0n) is 12.3. The molecule has 0 radical (unpaired) electrons. The Morgan fingerprint density at radius 3 is 1.79 bits per heavy atom. The molecule has 0 aromatic heterocycles. The zero-order valence-corrected chi connectivity index (χ0v) is 12.3. The first-order valence-electron chi connectivity index (χ1n) is 6.29. The summed E-state index contributed by atoms with van der Waals surface area (Å²) in [5.41, 5.74) is 0. The molecule has 0 bridgehead atoms. The summed E-state index contributed by atoms with van der Waals surface area (Å²) in [5.74, 6) is -0.886. The van der Waals surface area contributed by atoms with Gasteiger partial charge in [0.05, 0.1) is 0 Å². The van der Waals surface area contributed by atoms with Crippen LogP contribution >= 0.6 is 0 Å². The standard InChI is InChI=1S/C8H10O3.C6H14O2/c1-10-8(11-2)5-3-7(9)4-6-8;1-4-7-6(3)8-5-2/h3-6H,1-2H3;6H,4-5H2,1-3H3. The van der Waals surface area contributed by atoms with E-state index in [0.29, 0.717) is 0 Å². The highest BCUT2D eigenvalue weighted by Gasteiger charge is 2.24. The third-order valence-corrected chi connectivity index (χ3v) is 2.40. The molecule has 0 atom stereocenters. The normalized spacial score (nSPS) is 16.4. The van der Waals surface area contributed by atoms with Gasteiger partial charge in [-0.15, -0.1) is 0 Å². The van der Waals surface area contributed by atoms with Crippen molar-refractivity contribution in [3.8, 4) is 0 Å². The maximum atomic E-state index is 10.7. The number of hydrogen-bond donors (Lipinski definition) is 0. The second-order valence-electron chi connectivity index (χ2n) is 3.68. The average molecular weight is 272 g/mol. The Kier molecular flexibility index (Phi) is 9.34. The molecule has 0 saturated carbocycles. The Morgan fingerprint density at radius 2 is 1.47 bits per heavy atom. The lowest BCUT2D eigenvalue weighted by Crippen LogP contribution is -2.30. The van der Waals surface area contributed by atoms with Crippen LogP contribution < -0.4 is 0 Å². The van der Waals surface area contributed by atoms with E-state index in [2.05, 4.69) is 0 Å². The van der Waals surface area contributed by atoms with Gasteiger partial charge in [0.1, 0.15) is 0 Å². The van der Waals surface area contributed by atoms with Gasteiger partial charge in [-0.1, -0.05) is 0 Å². The van der Waals surface area contributed by atoms with Crippen molar-refractivity contribution in [1.29, 1.82) is 0 Å². The summed E-state index contributed by atoms with van der Waals surface area (Å²) in [4.78, 5) is 10.7. The highest BCUT2D eigenvalue weighted by Crippen LogP contribution is 2.18. The molecule has 0 unspecified atom stereocenters. The quantitative estimate of drug-likeness (QED) is 0.693. The van der Waals surface area contributed by atoms with E-state index in [-0.39, 0.29) is 12.1 Å². The molecule has 0 aromatic rings. The van der Waals surface area contributed by atoms with Gasteiger partial charge in [-0.2, -0.15) is 0 Å². The molecular weight excluding hydrogens is 248 g/mol. The molecule has 110 valence electrons. The molecule has 0 heterocycles. The predicted molar refractivity (Wildman–Crippen MR) is 72.8 cm³/mol. The number of rotatable bonds is 6. The first-order chi connectivity index (χ1) is 9.03. The summed E-state index contributed by atoms with van der Waals surface area (Å²) in [5, 5.41) is 0. The molecule has 1 aliphatic rings. The maximum Gasteiger partial charge on any atom is 0.208 e. The number of allylic oxidation sites excluding steroid dienone is 2. The molecule has 0 spiro atoms. The SMILES string of the molecule is CCOC(C)OCC.COC1(OC)C=CC(=O)C=C1. The highest BCUT2D eigenvalue weighted by molar-refractivity contribution is 6.00. The van der Waals surface area contributed by atoms with Crippen molar-refractivity contribution in [2.45, 2.75) is 32.8 Å². The molecule has 19 heavy (non-hydrogen) atoms. The lowest BCUT2D eigenvalue weighted by atomic mass is 10.1. The van der Waals surface area contributed by atoms with Crippen molar-refractivity contribution in [2.75, 3.05) is 27.4 Å². The number of carbonyl (C=O) groups excluding carboxylic acids is 1. The van der Waals surface area contributed by atoms with E-state index in [9.17, 15) is 4.79 Å². The van der Waals surface area contributed by atoms with Crippen LogP contribution in [0, 0.1) is 0 Å². The van der Waals surface area contributed by atoms with Crippen LogP contribution in [-0.4, -0.2) is 45.3 Å². The molecule has 1 rings (SSSR count). The Morgan fingerprint density at radius 1 is 1.05 bits per heavy atom. The first-order valence-corrected chi connectivity index (χ1v) is 6.29. The van der Waals surface area contributed by atoms with Crippen LogP contribution in [0.4, 0.5) is 0 Å². The summed E-state index contributed by atoms with van der Waals surface area (Å²) in [6.07, 6.45) is 5.97. The van der Waals surface area contributed by atoms with E-state index in [0.717, 1.165) is 13.2 Å². The van der Waals surface area contributed by atoms with Crippen molar-refractivity contribution in [3.05, 3.63) is 24.3 Å². The van der Waals surface area contributed by atoms with Crippen molar-refractivity contribution in [1.82, 2.24) is 0 Å². The smallest absolute Gasteiger partial charge is 0.208 e. The van der Waals surface area contributed by atoms with Gasteiger partial charge in [0.2, 0.25) is 5.79 Å².